The highest BCUT2D eigenvalue weighted by Gasteiger charge is 2.16. The fourth-order valence-electron chi connectivity index (χ4n) is 1.22. The van der Waals surface area contributed by atoms with Gasteiger partial charge in [-0.05, 0) is 64.3 Å². The van der Waals surface area contributed by atoms with E-state index in [-0.39, 0.29) is 5.41 Å². The van der Waals surface area contributed by atoms with Crippen molar-refractivity contribution in [3.63, 3.8) is 0 Å². The second-order valence-electron chi connectivity index (χ2n) is 4.27. The molecule has 1 rings (SSSR count). The first kappa shape index (κ1) is 13.5. The van der Waals surface area contributed by atoms with Gasteiger partial charge in [0.15, 0.2) is 0 Å². The normalized spacial score (nSPS) is 10.9. The number of nitrogens with one attached hydrogen (secondary N) is 1. The molecule has 0 amide bonds. The fourth-order valence-corrected chi connectivity index (χ4v) is 2.50. The Kier molecular flexibility index (Phi) is 4.82. The van der Waals surface area contributed by atoms with E-state index in [0.29, 0.717) is 0 Å². The van der Waals surface area contributed by atoms with Crippen molar-refractivity contribution in [3.8, 4) is 6.07 Å². The van der Waals surface area contributed by atoms with Gasteiger partial charge in [-0.15, -0.1) is 0 Å². The van der Waals surface area contributed by atoms with Crippen molar-refractivity contribution in [2.75, 3.05) is 11.9 Å². The minimum Gasteiger partial charge on any atom is -0.383 e. The molecule has 0 aliphatic rings. The summed E-state index contributed by atoms with van der Waals surface area (Å²) in [6, 6.07) is 8.24. The summed E-state index contributed by atoms with van der Waals surface area (Å²) in [6.07, 6.45) is 0.817. The van der Waals surface area contributed by atoms with Crippen LogP contribution < -0.4 is 5.32 Å². The zero-order valence-corrected chi connectivity index (χ0v) is 12.5. The first-order valence-electron chi connectivity index (χ1n) is 5.05. The van der Waals surface area contributed by atoms with E-state index in [2.05, 4.69) is 43.2 Å². The third kappa shape index (κ3) is 3.80. The lowest BCUT2D eigenvalue weighted by atomic mass is 9.91. The summed E-state index contributed by atoms with van der Waals surface area (Å²) in [6.45, 7) is 4.68. The van der Waals surface area contributed by atoms with Crippen molar-refractivity contribution >= 4 is 37.5 Å². The molecular weight excluding hydrogens is 332 g/mol. The van der Waals surface area contributed by atoms with E-state index in [9.17, 15) is 0 Å². The number of para-hydroxylation sites is 1. The molecule has 0 bridgehead atoms. The number of halogens is 2. The maximum atomic E-state index is 8.90. The highest BCUT2D eigenvalue weighted by atomic mass is 79.9. The average Bonchev–Trinajstić information content (AvgIpc) is 2.22. The Balaban J connectivity index is 2.60. The predicted molar refractivity (Wildman–Crippen MR) is 74.3 cm³/mol. The summed E-state index contributed by atoms with van der Waals surface area (Å²) < 4.78 is 2.05. The number of hydrogen-bond donors (Lipinski definition) is 1. The van der Waals surface area contributed by atoms with E-state index in [4.69, 9.17) is 5.26 Å². The van der Waals surface area contributed by atoms with Crippen LogP contribution in [0.25, 0.3) is 0 Å². The summed E-state index contributed by atoms with van der Waals surface area (Å²) in [7, 11) is 0. The van der Waals surface area contributed by atoms with Gasteiger partial charge in [-0.1, -0.05) is 6.07 Å². The number of rotatable bonds is 4. The van der Waals surface area contributed by atoms with Gasteiger partial charge >= 0.3 is 0 Å². The van der Waals surface area contributed by atoms with E-state index in [1.165, 1.54) is 0 Å². The molecule has 0 aromatic heterocycles. The van der Waals surface area contributed by atoms with Gasteiger partial charge in [0.1, 0.15) is 0 Å². The number of nitriles is 1. The molecule has 0 aliphatic heterocycles. The van der Waals surface area contributed by atoms with Gasteiger partial charge in [0.05, 0.1) is 17.2 Å². The second-order valence-corrected chi connectivity index (χ2v) is 5.98. The molecule has 0 unspecified atom stereocenters. The molecule has 86 valence electrons. The van der Waals surface area contributed by atoms with Crippen molar-refractivity contribution < 1.29 is 0 Å². The Labute approximate surface area is 113 Å². The minimum absolute atomic E-state index is 0.277. The van der Waals surface area contributed by atoms with E-state index in [1.807, 2.05) is 32.0 Å². The molecule has 4 heteroatoms. The zero-order valence-electron chi connectivity index (χ0n) is 9.35. The van der Waals surface area contributed by atoms with Crippen LogP contribution in [0.15, 0.2) is 27.1 Å². The third-order valence-corrected chi connectivity index (χ3v) is 3.64. The van der Waals surface area contributed by atoms with Crippen LogP contribution in [-0.2, 0) is 0 Å². The summed E-state index contributed by atoms with van der Waals surface area (Å²) in [5.74, 6) is 0. The van der Waals surface area contributed by atoms with Crippen LogP contribution in [0.2, 0.25) is 0 Å². The van der Waals surface area contributed by atoms with Crippen molar-refractivity contribution in [1.82, 2.24) is 0 Å². The number of hydrogen-bond acceptors (Lipinski definition) is 2. The maximum Gasteiger partial charge on any atom is 0.0684 e. The van der Waals surface area contributed by atoms with Crippen LogP contribution >= 0.6 is 31.9 Å². The fraction of sp³-hybridized carbons (Fsp3) is 0.417. The monoisotopic (exact) mass is 344 g/mol. The maximum absolute atomic E-state index is 8.90. The van der Waals surface area contributed by atoms with Gasteiger partial charge in [-0.3, -0.25) is 0 Å². The van der Waals surface area contributed by atoms with Crippen molar-refractivity contribution in [1.29, 1.82) is 5.26 Å². The summed E-state index contributed by atoms with van der Waals surface area (Å²) in [4.78, 5) is 0. The van der Waals surface area contributed by atoms with Crippen molar-refractivity contribution in [2.24, 2.45) is 5.41 Å². The standard InChI is InChI=1S/C12H14Br2N2/c1-12(2,8-15)6-7-16-11-9(13)4-3-5-10(11)14/h3-5,16H,6-7H2,1-2H3. The van der Waals surface area contributed by atoms with Crippen LogP contribution in [0.1, 0.15) is 20.3 Å². The number of nitrogens with zero attached hydrogens (tertiary/aromatic N) is 1. The van der Waals surface area contributed by atoms with Crippen LogP contribution in [0, 0.1) is 16.7 Å². The minimum atomic E-state index is -0.277. The molecule has 1 N–H and O–H groups in total. The summed E-state index contributed by atoms with van der Waals surface area (Å²) in [5, 5.41) is 12.2. The zero-order chi connectivity index (χ0) is 12.2. The Morgan fingerprint density at radius 3 is 2.38 bits per heavy atom. The molecule has 1 aromatic rings. The second kappa shape index (κ2) is 5.70. The number of anilines is 1. The van der Waals surface area contributed by atoms with Crippen molar-refractivity contribution in [3.05, 3.63) is 27.1 Å². The quantitative estimate of drug-likeness (QED) is 0.867. The number of benzene rings is 1. The predicted octanol–water partition coefficient (Wildman–Crippen LogP) is 4.56. The first-order chi connectivity index (χ1) is 7.46. The molecule has 0 radical (unpaired) electrons. The van der Waals surface area contributed by atoms with Gasteiger partial charge < -0.3 is 5.32 Å². The van der Waals surface area contributed by atoms with Crippen molar-refractivity contribution in [2.45, 2.75) is 20.3 Å². The van der Waals surface area contributed by atoms with E-state index >= 15 is 0 Å². The molecule has 2 nitrogen and oxygen atoms in total. The molecule has 0 heterocycles. The lowest BCUT2D eigenvalue weighted by molar-refractivity contribution is 0.466. The summed E-state index contributed by atoms with van der Waals surface area (Å²) in [5.41, 5.74) is 0.761. The van der Waals surface area contributed by atoms with E-state index in [1.54, 1.807) is 0 Å². The Hall–Kier alpha value is -0.530. The van der Waals surface area contributed by atoms with Crippen LogP contribution in [-0.4, -0.2) is 6.54 Å². The molecule has 1 aromatic carbocycles. The lowest BCUT2D eigenvalue weighted by Crippen LogP contribution is -2.14. The third-order valence-electron chi connectivity index (χ3n) is 2.32. The first-order valence-corrected chi connectivity index (χ1v) is 6.64. The smallest absolute Gasteiger partial charge is 0.0684 e. The summed E-state index contributed by atoms with van der Waals surface area (Å²) >= 11 is 6.97. The van der Waals surface area contributed by atoms with Crippen LogP contribution in [0.4, 0.5) is 5.69 Å². The SMILES string of the molecule is CC(C)(C#N)CCNc1c(Br)cccc1Br. The van der Waals surface area contributed by atoms with Gasteiger partial charge in [0.2, 0.25) is 0 Å². The van der Waals surface area contributed by atoms with Crippen LogP contribution in [0.5, 0.6) is 0 Å². The van der Waals surface area contributed by atoms with Crippen LogP contribution in [0.3, 0.4) is 0 Å². The van der Waals surface area contributed by atoms with E-state index < -0.39 is 0 Å². The largest absolute Gasteiger partial charge is 0.383 e. The Morgan fingerprint density at radius 1 is 1.31 bits per heavy atom. The van der Waals surface area contributed by atoms with E-state index in [0.717, 1.165) is 27.6 Å². The Bertz CT molecular complexity index is 388. The Morgan fingerprint density at radius 2 is 1.88 bits per heavy atom. The van der Waals surface area contributed by atoms with Gasteiger partial charge in [-0.2, -0.15) is 5.26 Å². The average molecular weight is 346 g/mol. The van der Waals surface area contributed by atoms with Gasteiger partial charge in [0, 0.05) is 15.5 Å². The molecule has 0 atom stereocenters. The molecule has 16 heavy (non-hydrogen) atoms. The van der Waals surface area contributed by atoms with Gasteiger partial charge in [0.25, 0.3) is 0 Å². The molecule has 0 aliphatic carbocycles. The molecule has 0 fully saturated rings. The highest BCUT2D eigenvalue weighted by molar-refractivity contribution is 9.11. The molecule has 0 saturated carbocycles. The van der Waals surface area contributed by atoms with Gasteiger partial charge in [-0.25, -0.2) is 0 Å². The molecular formula is C12H14Br2N2. The highest BCUT2D eigenvalue weighted by Crippen LogP contribution is 2.31. The molecule has 0 saturated heterocycles. The topological polar surface area (TPSA) is 35.8 Å². The molecule has 0 spiro atoms. The lowest BCUT2D eigenvalue weighted by Gasteiger charge is -2.17.